The molecule has 4 rings (SSSR count). The van der Waals surface area contributed by atoms with E-state index in [2.05, 4.69) is 52.8 Å². The third kappa shape index (κ3) is 3.44. The van der Waals surface area contributed by atoms with Crippen molar-refractivity contribution in [3.05, 3.63) is 63.6 Å². The van der Waals surface area contributed by atoms with Crippen molar-refractivity contribution in [3.63, 3.8) is 0 Å². The zero-order valence-corrected chi connectivity index (χ0v) is 16.8. The number of aromatic nitrogens is 1. The molecular formula is C22H25N3OS. The van der Waals surface area contributed by atoms with Crippen LogP contribution in [-0.4, -0.2) is 22.5 Å². The van der Waals surface area contributed by atoms with Gasteiger partial charge in [0.15, 0.2) is 0 Å². The van der Waals surface area contributed by atoms with Crippen molar-refractivity contribution in [2.24, 2.45) is 0 Å². The van der Waals surface area contributed by atoms with Crippen LogP contribution in [0.2, 0.25) is 0 Å². The number of nitrogens with zero attached hydrogens (tertiary/aromatic N) is 2. The zero-order chi connectivity index (χ0) is 19.0. The standard InChI is InChI=1S/C22H25N3OS/c1-14-21(27-16(3)23-14)15(2)24-22(26)25-13-7-12-20(25)19-11-6-9-17-8-4-5-10-18(17)19/h4-6,8-11,15,20H,7,12-13H2,1-3H3,(H,24,26)/t15-,20+/m1/s1. The first-order valence-electron chi connectivity index (χ1n) is 9.53. The summed E-state index contributed by atoms with van der Waals surface area (Å²) in [6.45, 7) is 6.86. The molecule has 1 saturated heterocycles. The number of hydrogen-bond donors (Lipinski definition) is 1. The highest BCUT2D eigenvalue weighted by molar-refractivity contribution is 7.11. The molecule has 5 heteroatoms. The highest BCUT2D eigenvalue weighted by Crippen LogP contribution is 2.36. The van der Waals surface area contributed by atoms with Crippen LogP contribution in [0.15, 0.2) is 42.5 Å². The summed E-state index contributed by atoms with van der Waals surface area (Å²) in [5.41, 5.74) is 2.26. The van der Waals surface area contributed by atoms with E-state index >= 15 is 0 Å². The van der Waals surface area contributed by atoms with Gasteiger partial charge < -0.3 is 10.2 Å². The van der Waals surface area contributed by atoms with Gasteiger partial charge in [-0.3, -0.25) is 0 Å². The molecule has 0 saturated carbocycles. The lowest BCUT2D eigenvalue weighted by molar-refractivity contribution is 0.190. The molecular weight excluding hydrogens is 354 g/mol. The van der Waals surface area contributed by atoms with Gasteiger partial charge in [0.05, 0.1) is 22.8 Å². The molecule has 2 heterocycles. The fraction of sp³-hybridized carbons (Fsp3) is 0.364. The van der Waals surface area contributed by atoms with Crippen LogP contribution >= 0.6 is 11.3 Å². The van der Waals surface area contributed by atoms with Gasteiger partial charge in [-0.2, -0.15) is 0 Å². The molecule has 2 atom stereocenters. The number of likely N-dealkylation sites (tertiary alicyclic amines) is 1. The largest absolute Gasteiger partial charge is 0.331 e. The van der Waals surface area contributed by atoms with E-state index in [4.69, 9.17) is 0 Å². The molecule has 1 aliphatic rings. The number of hydrogen-bond acceptors (Lipinski definition) is 3. The lowest BCUT2D eigenvalue weighted by atomic mass is 9.97. The smallest absolute Gasteiger partial charge is 0.318 e. The Bertz CT molecular complexity index is 975. The van der Waals surface area contributed by atoms with Gasteiger partial charge in [0.1, 0.15) is 0 Å². The molecule has 4 nitrogen and oxygen atoms in total. The first-order valence-corrected chi connectivity index (χ1v) is 10.3. The molecule has 0 spiro atoms. The number of nitrogens with one attached hydrogen (secondary N) is 1. The van der Waals surface area contributed by atoms with Crippen LogP contribution in [0.4, 0.5) is 4.79 Å². The second kappa shape index (κ2) is 7.31. The summed E-state index contributed by atoms with van der Waals surface area (Å²) in [6.07, 6.45) is 2.04. The molecule has 1 aromatic heterocycles. The monoisotopic (exact) mass is 379 g/mol. The number of aryl methyl sites for hydroxylation is 2. The van der Waals surface area contributed by atoms with E-state index in [9.17, 15) is 4.79 Å². The maximum atomic E-state index is 13.1. The summed E-state index contributed by atoms with van der Waals surface area (Å²) in [6, 6.07) is 14.9. The molecule has 1 aliphatic heterocycles. The Morgan fingerprint density at radius 2 is 2.00 bits per heavy atom. The van der Waals surface area contributed by atoms with Gasteiger partial charge in [0.25, 0.3) is 0 Å². The summed E-state index contributed by atoms with van der Waals surface area (Å²) in [5.74, 6) is 0. The van der Waals surface area contributed by atoms with Gasteiger partial charge in [0.2, 0.25) is 0 Å². The first-order chi connectivity index (χ1) is 13.0. The third-order valence-corrected chi connectivity index (χ3v) is 6.62. The second-order valence-corrected chi connectivity index (χ2v) is 8.51. The molecule has 2 aromatic carbocycles. The number of amides is 2. The van der Waals surface area contributed by atoms with E-state index in [0.29, 0.717) is 0 Å². The van der Waals surface area contributed by atoms with Gasteiger partial charge in [0, 0.05) is 11.4 Å². The topological polar surface area (TPSA) is 45.2 Å². The number of benzene rings is 2. The van der Waals surface area contributed by atoms with Gasteiger partial charge in [-0.25, -0.2) is 9.78 Å². The fourth-order valence-corrected chi connectivity index (χ4v) is 5.09. The Morgan fingerprint density at radius 3 is 2.78 bits per heavy atom. The van der Waals surface area contributed by atoms with Crippen molar-refractivity contribution in [1.29, 1.82) is 0 Å². The molecule has 27 heavy (non-hydrogen) atoms. The zero-order valence-electron chi connectivity index (χ0n) is 16.0. The number of thiazole rings is 1. The summed E-state index contributed by atoms with van der Waals surface area (Å²) in [5, 5.41) is 6.71. The minimum absolute atomic E-state index is 0.0170. The van der Waals surface area contributed by atoms with Gasteiger partial charge in [-0.1, -0.05) is 42.5 Å². The fourth-order valence-electron chi connectivity index (χ4n) is 4.16. The Hall–Kier alpha value is -2.40. The van der Waals surface area contributed by atoms with E-state index < -0.39 is 0 Å². The van der Waals surface area contributed by atoms with E-state index in [1.165, 1.54) is 16.3 Å². The normalized spacial score (nSPS) is 18.0. The van der Waals surface area contributed by atoms with E-state index in [1.807, 2.05) is 25.7 Å². The van der Waals surface area contributed by atoms with E-state index in [1.54, 1.807) is 11.3 Å². The first kappa shape index (κ1) is 18.0. The van der Waals surface area contributed by atoms with Crippen molar-refractivity contribution in [1.82, 2.24) is 15.2 Å². The molecule has 1 N–H and O–H groups in total. The van der Waals surface area contributed by atoms with Crippen molar-refractivity contribution in [2.75, 3.05) is 6.54 Å². The predicted molar refractivity (Wildman–Crippen MR) is 111 cm³/mol. The maximum absolute atomic E-state index is 13.1. The number of carbonyl (C=O) groups is 1. The Labute approximate surface area is 164 Å². The van der Waals surface area contributed by atoms with E-state index in [-0.39, 0.29) is 18.1 Å². The lowest BCUT2D eigenvalue weighted by Crippen LogP contribution is -2.40. The van der Waals surface area contributed by atoms with Gasteiger partial charge in [-0.05, 0) is 49.9 Å². The lowest BCUT2D eigenvalue weighted by Gasteiger charge is -2.28. The number of carbonyl (C=O) groups excluding carboxylic acids is 1. The molecule has 0 bridgehead atoms. The molecule has 0 radical (unpaired) electrons. The van der Waals surface area contributed by atoms with Crippen molar-refractivity contribution >= 4 is 28.1 Å². The highest BCUT2D eigenvalue weighted by atomic mass is 32.1. The average Bonchev–Trinajstić information content (AvgIpc) is 3.27. The minimum atomic E-state index is -0.0301. The van der Waals surface area contributed by atoms with Crippen LogP contribution in [-0.2, 0) is 0 Å². The number of fused-ring (bicyclic) bond motifs is 1. The van der Waals surface area contributed by atoms with Crippen LogP contribution in [0.25, 0.3) is 10.8 Å². The maximum Gasteiger partial charge on any atom is 0.318 e. The molecule has 0 aliphatic carbocycles. The quantitative estimate of drug-likeness (QED) is 0.651. The summed E-state index contributed by atoms with van der Waals surface area (Å²) in [7, 11) is 0. The highest BCUT2D eigenvalue weighted by Gasteiger charge is 2.32. The second-order valence-electron chi connectivity index (χ2n) is 7.27. The SMILES string of the molecule is Cc1nc(C)c([C@@H](C)NC(=O)N2CCC[C@H]2c2cccc3ccccc23)s1. The third-order valence-electron chi connectivity index (χ3n) is 5.37. The predicted octanol–water partition coefficient (Wildman–Crippen LogP) is 5.52. The number of urea groups is 1. The molecule has 3 aromatic rings. The number of rotatable bonds is 3. The summed E-state index contributed by atoms with van der Waals surface area (Å²) < 4.78 is 0. The van der Waals surface area contributed by atoms with Crippen molar-refractivity contribution < 1.29 is 4.79 Å². The van der Waals surface area contributed by atoms with E-state index in [0.717, 1.165) is 35.0 Å². The van der Waals surface area contributed by atoms with Gasteiger partial charge >= 0.3 is 6.03 Å². The molecule has 0 unspecified atom stereocenters. The minimum Gasteiger partial charge on any atom is -0.331 e. The summed E-state index contributed by atoms with van der Waals surface area (Å²) in [4.78, 5) is 20.7. The Kier molecular flexibility index (Phi) is 4.87. The van der Waals surface area contributed by atoms with Crippen LogP contribution < -0.4 is 5.32 Å². The molecule has 140 valence electrons. The van der Waals surface area contributed by atoms with Crippen LogP contribution in [0, 0.1) is 13.8 Å². The van der Waals surface area contributed by atoms with Crippen LogP contribution in [0.5, 0.6) is 0 Å². The van der Waals surface area contributed by atoms with Crippen molar-refractivity contribution in [3.8, 4) is 0 Å². The van der Waals surface area contributed by atoms with Crippen molar-refractivity contribution in [2.45, 2.75) is 45.7 Å². The summed E-state index contributed by atoms with van der Waals surface area (Å²) >= 11 is 1.66. The van der Waals surface area contributed by atoms with Crippen LogP contribution in [0.1, 0.15) is 53.0 Å². The molecule has 1 fully saturated rings. The average molecular weight is 380 g/mol. The Morgan fingerprint density at radius 1 is 1.22 bits per heavy atom. The van der Waals surface area contributed by atoms with Gasteiger partial charge in [-0.15, -0.1) is 11.3 Å². The Balaban J connectivity index is 1.57. The molecule has 2 amide bonds. The van der Waals surface area contributed by atoms with Crippen LogP contribution in [0.3, 0.4) is 0 Å².